The summed E-state index contributed by atoms with van der Waals surface area (Å²) < 4.78 is 1.70. The minimum absolute atomic E-state index is 0.390. The van der Waals surface area contributed by atoms with Gasteiger partial charge in [-0.05, 0) is 35.8 Å². The first-order valence-corrected chi connectivity index (χ1v) is 7.09. The number of carbonyl (C=O) groups is 1. The van der Waals surface area contributed by atoms with E-state index in [9.17, 15) is 4.79 Å². The van der Waals surface area contributed by atoms with Crippen LogP contribution in [-0.2, 0) is 24.2 Å². The van der Waals surface area contributed by atoms with Crippen LogP contribution in [0.1, 0.15) is 30.3 Å². The van der Waals surface area contributed by atoms with Crippen molar-refractivity contribution in [3.8, 4) is 0 Å². The van der Waals surface area contributed by atoms with Crippen LogP contribution in [0.15, 0.2) is 24.3 Å². The number of tetrazole rings is 1. The van der Waals surface area contributed by atoms with E-state index in [1.54, 1.807) is 11.6 Å². The summed E-state index contributed by atoms with van der Waals surface area (Å²) in [7, 11) is 0. The van der Waals surface area contributed by atoms with E-state index in [2.05, 4.69) is 46.7 Å². The summed E-state index contributed by atoms with van der Waals surface area (Å²) in [5, 5.41) is 20.5. The van der Waals surface area contributed by atoms with Crippen LogP contribution in [-0.4, -0.2) is 31.3 Å². The van der Waals surface area contributed by atoms with Gasteiger partial charge in [0.15, 0.2) is 5.82 Å². The zero-order chi connectivity index (χ0) is 15.2. The van der Waals surface area contributed by atoms with E-state index in [-0.39, 0.29) is 5.92 Å². The summed E-state index contributed by atoms with van der Waals surface area (Å²) in [5.74, 6) is -0.378. The normalized spacial score (nSPS) is 12.3. The average Bonchev–Trinajstić information content (AvgIpc) is 2.91. The van der Waals surface area contributed by atoms with Gasteiger partial charge in [-0.3, -0.25) is 4.79 Å². The fourth-order valence-corrected chi connectivity index (χ4v) is 2.03. The van der Waals surface area contributed by atoms with E-state index in [4.69, 9.17) is 5.11 Å². The van der Waals surface area contributed by atoms with Crippen molar-refractivity contribution in [1.29, 1.82) is 0 Å². The first-order chi connectivity index (χ1) is 10.1. The molecule has 6 heteroatoms. The number of hydrogen-bond donors (Lipinski definition) is 1. The summed E-state index contributed by atoms with van der Waals surface area (Å²) in [6.45, 7) is 4.29. The smallest absolute Gasteiger partial charge is 0.306 e. The Morgan fingerprint density at radius 1 is 1.29 bits per heavy atom. The maximum absolute atomic E-state index is 10.8. The van der Waals surface area contributed by atoms with Gasteiger partial charge in [0, 0.05) is 13.0 Å². The van der Waals surface area contributed by atoms with Gasteiger partial charge in [-0.2, -0.15) is 0 Å². The van der Waals surface area contributed by atoms with Gasteiger partial charge in [0.25, 0.3) is 0 Å². The number of carboxylic acids is 1. The molecule has 0 saturated heterocycles. The van der Waals surface area contributed by atoms with Crippen molar-refractivity contribution in [2.24, 2.45) is 5.92 Å². The Morgan fingerprint density at radius 3 is 2.67 bits per heavy atom. The van der Waals surface area contributed by atoms with Crippen LogP contribution >= 0.6 is 0 Å². The Kier molecular flexibility index (Phi) is 5.03. The lowest BCUT2D eigenvalue weighted by Gasteiger charge is -2.07. The van der Waals surface area contributed by atoms with E-state index in [0.717, 1.165) is 18.7 Å². The molecular weight excluding hydrogens is 268 g/mol. The van der Waals surface area contributed by atoms with Crippen molar-refractivity contribution in [2.75, 3.05) is 0 Å². The molecule has 0 aliphatic heterocycles. The van der Waals surface area contributed by atoms with Crippen LogP contribution in [0.4, 0.5) is 0 Å². The van der Waals surface area contributed by atoms with Gasteiger partial charge in [0.05, 0.1) is 5.92 Å². The van der Waals surface area contributed by atoms with Gasteiger partial charge in [-0.15, -0.1) is 5.10 Å². The van der Waals surface area contributed by atoms with Crippen LogP contribution in [0.5, 0.6) is 0 Å². The predicted molar refractivity (Wildman–Crippen MR) is 77.8 cm³/mol. The first kappa shape index (κ1) is 15.2. The highest BCUT2D eigenvalue weighted by atomic mass is 16.4. The molecule has 0 fully saturated rings. The highest BCUT2D eigenvalue weighted by Gasteiger charge is 2.13. The molecule has 0 saturated carbocycles. The van der Waals surface area contributed by atoms with Gasteiger partial charge >= 0.3 is 5.97 Å². The van der Waals surface area contributed by atoms with Crippen LogP contribution in [0.25, 0.3) is 0 Å². The van der Waals surface area contributed by atoms with Crippen molar-refractivity contribution in [3.05, 3.63) is 41.2 Å². The van der Waals surface area contributed by atoms with Gasteiger partial charge in [0.1, 0.15) is 0 Å². The fraction of sp³-hybridized carbons (Fsp3) is 0.467. The number of benzene rings is 1. The molecule has 0 aliphatic carbocycles. The van der Waals surface area contributed by atoms with Gasteiger partial charge in [0.2, 0.25) is 0 Å². The first-order valence-electron chi connectivity index (χ1n) is 7.09. The van der Waals surface area contributed by atoms with Gasteiger partial charge in [-0.25, -0.2) is 4.68 Å². The molecule has 2 rings (SSSR count). The van der Waals surface area contributed by atoms with E-state index < -0.39 is 5.97 Å². The molecule has 112 valence electrons. The third-order valence-electron chi connectivity index (χ3n) is 3.56. The zero-order valence-corrected chi connectivity index (χ0v) is 12.4. The predicted octanol–water partition coefficient (Wildman–Crippen LogP) is 1.88. The third kappa shape index (κ3) is 4.37. The molecule has 1 heterocycles. The average molecular weight is 288 g/mol. The summed E-state index contributed by atoms with van der Waals surface area (Å²) in [6, 6.07) is 8.39. The lowest BCUT2D eigenvalue weighted by Crippen LogP contribution is -2.15. The molecule has 1 aromatic heterocycles. The van der Waals surface area contributed by atoms with E-state index in [0.29, 0.717) is 13.0 Å². The standard InChI is InChI=1S/C15H20N4O2/c1-11-3-5-13(6-4-11)7-8-14-16-17-18-19(14)10-9-12(2)15(20)21/h3-6,12H,7-10H2,1-2H3,(H,20,21). The quantitative estimate of drug-likeness (QED) is 0.841. The highest BCUT2D eigenvalue weighted by molar-refractivity contribution is 5.69. The summed E-state index contributed by atoms with van der Waals surface area (Å²) in [5.41, 5.74) is 2.49. The molecule has 1 atom stereocenters. The van der Waals surface area contributed by atoms with Crippen molar-refractivity contribution >= 4 is 5.97 Å². The second-order valence-corrected chi connectivity index (χ2v) is 5.33. The van der Waals surface area contributed by atoms with E-state index in [1.807, 2.05) is 0 Å². The molecule has 6 nitrogen and oxygen atoms in total. The summed E-state index contributed by atoms with van der Waals surface area (Å²) in [6.07, 6.45) is 2.14. The van der Waals surface area contributed by atoms with Crippen molar-refractivity contribution in [3.63, 3.8) is 0 Å². The topological polar surface area (TPSA) is 80.9 Å². The Bertz CT molecular complexity index is 592. The molecular formula is C15H20N4O2. The molecule has 0 amide bonds. The number of aryl methyl sites for hydroxylation is 4. The number of rotatable bonds is 7. The third-order valence-corrected chi connectivity index (χ3v) is 3.56. The van der Waals surface area contributed by atoms with Gasteiger partial charge in [-0.1, -0.05) is 36.8 Å². The number of aromatic nitrogens is 4. The highest BCUT2D eigenvalue weighted by Crippen LogP contribution is 2.09. The lowest BCUT2D eigenvalue weighted by molar-refractivity contribution is -0.141. The molecule has 2 aromatic rings. The molecule has 0 bridgehead atoms. The largest absolute Gasteiger partial charge is 0.481 e. The SMILES string of the molecule is Cc1ccc(CCc2nnnn2CCC(C)C(=O)O)cc1. The van der Waals surface area contributed by atoms with E-state index >= 15 is 0 Å². The van der Waals surface area contributed by atoms with E-state index in [1.165, 1.54) is 11.1 Å². The number of aliphatic carboxylic acids is 1. The molecule has 1 unspecified atom stereocenters. The van der Waals surface area contributed by atoms with Crippen LogP contribution in [0, 0.1) is 12.8 Å². The Hall–Kier alpha value is -2.24. The monoisotopic (exact) mass is 288 g/mol. The number of hydrogen-bond acceptors (Lipinski definition) is 4. The summed E-state index contributed by atoms with van der Waals surface area (Å²) in [4.78, 5) is 10.8. The van der Waals surface area contributed by atoms with Crippen LogP contribution < -0.4 is 0 Å². The lowest BCUT2D eigenvalue weighted by atomic mass is 10.1. The van der Waals surface area contributed by atoms with Crippen molar-refractivity contribution in [2.45, 2.75) is 39.7 Å². The second kappa shape index (κ2) is 6.97. The van der Waals surface area contributed by atoms with Gasteiger partial charge < -0.3 is 5.11 Å². The van der Waals surface area contributed by atoms with Crippen molar-refractivity contribution < 1.29 is 9.90 Å². The fourth-order valence-electron chi connectivity index (χ4n) is 2.03. The molecule has 1 aromatic carbocycles. The Morgan fingerprint density at radius 2 is 2.00 bits per heavy atom. The second-order valence-electron chi connectivity index (χ2n) is 5.33. The zero-order valence-electron chi connectivity index (χ0n) is 12.4. The van der Waals surface area contributed by atoms with Crippen LogP contribution in [0.2, 0.25) is 0 Å². The van der Waals surface area contributed by atoms with Crippen molar-refractivity contribution in [1.82, 2.24) is 20.2 Å². The minimum Gasteiger partial charge on any atom is -0.481 e. The maximum atomic E-state index is 10.8. The molecule has 0 radical (unpaired) electrons. The molecule has 0 aliphatic rings. The molecule has 1 N–H and O–H groups in total. The number of carboxylic acid groups (broad SMARTS) is 1. The number of nitrogens with zero attached hydrogens (tertiary/aromatic N) is 4. The molecule has 21 heavy (non-hydrogen) atoms. The Labute approximate surface area is 123 Å². The summed E-state index contributed by atoms with van der Waals surface area (Å²) >= 11 is 0. The molecule has 0 spiro atoms. The maximum Gasteiger partial charge on any atom is 0.306 e. The van der Waals surface area contributed by atoms with Crippen LogP contribution in [0.3, 0.4) is 0 Å². The minimum atomic E-state index is -0.788. The Balaban J connectivity index is 1.91.